The topological polar surface area (TPSA) is 69.6 Å². The van der Waals surface area contributed by atoms with Crippen molar-refractivity contribution in [1.29, 1.82) is 0 Å². The number of anilines is 1. The lowest BCUT2D eigenvalue weighted by Crippen LogP contribution is -2.07. The van der Waals surface area contributed by atoms with Crippen LogP contribution >= 0.6 is 15.9 Å². The van der Waals surface area contributed by atoms with Gasteiger partial charge in [-0.15, -0.1) is 0 Å². The maximum atomic E-state index is 6.06. The van der Waals surface area contributed by atoms with E-state index in [9.17, 15) is 0 Å². The molecule has 2 N–H and O–H groups in total. The van der Waals surface area contributed by atoms with Gasteiger partial charge >= 0.3 is 0 Å². The first-order chi connectivity index (χ1) is 9.70. The van der Waals surface area contributed by atoms with E-state index in [1.54, 1.807) is 12.5 Å². The van der Waals surface area contributed by atoms with E-state index in [4.69, 9.17) is 10.7 Å². The molecule has 0 amide bonds. The van der Waals surface area contributed by atoms with Crippen LogP contribution in [0.4, 0.5) is 5.82 Å². The molecule has 1 aliphatic rings. The maximum Gasteiger partial charge on any atom is 0.180 e. The Balaban J connectivity index is 2.08. The van der Waals surface area contributed by atoms with E-state index < -0.39 is 0 Å². The molecule has 106 valence electrons. The molecule has 2 heterocycles. The molecule has 5 nitrogen and oxygen atoms in total. The number of imidazole rings is 1. The summed E-state index contributed by atoms with van der Waals surface area (Å²) in [6, 6.07) is 0. The van der Waals surface area contributed by atoms with Gasteiger partial charge in [-0.05, 0) is 35.7 Å². The molecule has 0 saturated heterocycles. The van der Waals surface area contributed by atoms with Crippen LogP contribution in [0, 0.1) is 0 Å². The molecule has 2 aromatic heterocycles. The van der Waals surface area contributed by atoms with Crippen LogP contribution in [0.25, 0.3) is 11.5 Å². The first-order valence-corrected chi connectivity index (χ1v) is 7.83. The van der Waals surface area contributed by atoms with Crippen LogP contribution in [0.1, 0.15) is 44.2 Å². The highest BCUT2D eigenvalue weighted by atomic mass is 79.9. The standard InChI is InChI=1S/C14H18BrN5/c1-2-20-8-17-7-10(20)14-18-12(9-5-3-4-6-9)11(15)13(16)19-14/h7-9H,2-6H2,1H3,(H2,16,18,19). The Morgan fingerprint density at radius 3 is 2.80 bits per heavy atom. The molecule has 20 heavy (non-hydrogen) atoms. The lowest BCUT2D eigenvalue weighted by atomic mass is 10.0. The van der Waals surface area contributed by atoms with Crippen molar-refractivity contribution in [2.75, 3.05) is 5.73 Å². The van der Waals surface area contributed by atoms with Crippen molar-refractivity contribution in [2.24, 2.45) is 0 Å². The largest absolute Gasteiger partial charge is 0.383 e. The molecule has 0 unspecified atom stereocenters. The van der Waals surface area contributed by atoms with Crippen LogP contribution < -0.4 is 5.73 Å². The molecular weight excluding hydrogens is 318 g/mol. The van der Waals surface area contributed by atoms with Crippen molar-refractivity contribution in [1.82, 2.24) is 19.5 Å². The Morgan fingerprint density at radius 1 is 1.35 bits per heavy atom. The summed E-state index contributed by atoms with van der Waals surface area (Å²) in [5, 5.41) is 0. The van der Waals surface area contributed by atoms with Crippen molar-refractivity contribution in [3.63, 3.8) is 0 Å². The summed E-state index contributed by atoms with van der Waals surface area (Å²) in [4.78, 5) is 13.4. The fourth-order valence-corrected chi connectivity index (χ4v) is 3.33. The van der Waals surface area contributed by atoms with Gasteiger partial charge in [0.05, 0.1) is 22.7 Å². The zero-order valence-electron chi connectivity index (χ0n) is 11.5. The summed E-state index contributed by atoms with van der Waals surface area (Å²) in [6.07, 6.45) is 8.49. The van der Waals surface area contributed by atoms with Gasteiger partial charge in [0, 0.05) is 12.5 Å². The lowest BCUT2D eigenvalue weighted by molar-refractivity contribution is 0.689. The van der Waals surface area contributed by atoms with E-state index >= 15 is 0 Å². The lowest BCUT2D eigenvalue weighted by Gasteiger charge is -2.14. The Labute approximate surface area is 126 Å². The number of aryl methyl sites for hydroxylation is 1. The SMILES string of the molecule is CCn1cncc1-c1nc(N)c(Br)c(C2CCCC2)n1. The van der Waals surface area contributed by atoms with Gasteiger partial charge in [-0.25, -0.2) is 15.0 Å². The second kappa shape index (κ2) is 5.52. The van der Waals surface area contributed by atoms with Crippen molar-refractivity contribution >= 4 is 21.7 Å². The second-order valence-corrected chi connectivity index (χ2v) is 5.97. The fraction of sp³-hybridized carbons (Fsp3) is 0.500. The maximum absolute atomic E-state index is 6.06. The number of hydrogen-bond acceptors (Lipinski definition) is 4. The van der Waals surface area contributed by atoms with Crippen LogP contribution in [0.2, 0.25) is 0 Å². The van der Waals surface area contributed by atoms with Gasteiger partial charge < -0.3 is 10.3 Å². The third-order valence-corrected chi connectivity index (χ3v) is 4.74. The molecule has 2 aromatic rings. The van der Waals surface area contributed by atoms with Crippen LogP contribution in [-0.2, 0) is 6.54 Å². The van der Waals surface area contributed by atoms with E-state index in [1.165, 1.54) is 25.7 Å². The van der Waals surface area contributed by atoms with Gasteiger partial charge in [0.1, 0.15) is 11.5 Å². The van der Waals surface area contributed by atoms with E-state index in [-0.39, 0.29) is 0 Å². The highest BCUT2D eigenvalue weighted by Gasteiger charge is 2.24. The summed E-state index contributed by atoms with van der Waals surface area (Å²) in [6.45, 7) is 2.92. The van der Waals surface area contributed by atoms with Gasteiger partial charge in [-0.3, -0.25) is 0 Å². The van der Waals surface area contributed by atoms with Crippen molar-refractivity contribution < 1.29 is 0 Å². The van der Waals surface area contributed by atoms with Crippen LogP contribution in [0.5, 0.6) is 0 Å². The molecule has 1 fully saturated rings. The first-order valence-electron chi connectivity index (χ1n) is 7.04. The van der Waals surface area contributed by atoms with E-state index in [0.29, 0.717) is 17.6 Å². The van der Waals surface area contributed by atoms with Crippen molar-refractivity contribution in [3.8, 4) is 11.5 Å². The summed E-state index contributed by atoms with van der Waals surface area (Å²) in [7, 11) is 0. The number of halogens is 1. The molecule has 1 aliphatic carbocycles. The van der Waals surface area contributed by atoms with Crippen molar-refractivity contribution in [3.05, 3.63) is 22.7 Å². The minimum Gasteiger partial charge on any atom is -0.383 e. The zero-order valence-corrected chi connectivity index (χ0v) is 13.1. The summed E-state index contributed by atoms with van der Waals surface area (Å²) in [5.41, 5.74) is 8.03. The number of nitrogens with two attached hydrogens (primary N) is 1. The average Bonchev–Trinajstić information content (AvgIpc) is 3.11. The number of nitrogen functional groups attached to an aromatic ring is 1. The predicted molar refractivity (Wildman–Crippen MR) is 82.2 cm³/mol. The molecule has 0 radical (unpaired) electrons. The second-order valence-electron chi connectivity index (χ2n) is 5.18. The summed E-state index contributed by atoms with van der Waals surface area (Å²) < 4.78 is 2.89. The van der Waals surface area contributed by atoms with Gasteiger partial charge in [-0.1, -0.05) is 12.8 Å². The van der Waals surface area contributed by atoms with Crippen LogP contribution in [0.3, 0.4) is 0 Å². The Kier molecular flexibility index (Phi) is 3.74. The number of nitrogens with zero attached hydrogens (tertiary/aromatic N) is 4. The predicted octanol–water partition coefficient (Wildman–Crippen LogP) is 3.36. The minimum atomic E-state index is 0.492. The molecule has 1 saturated carbocycles. The van der Waals surface area contributed by atoms with Crippen LogP contribution in [-0.4, -0.2) is 19.5 Å². The molecule has 0 aliphatic heterocycles. The quantitative estimate of drug-likeness (QED) is 0.933. The van der Waals surface area contributed by atoms with Gasteiger partial charge in [-0.2, -0.15) is 0 Å². The van der Waals surface area contributed by atoms with E-state index in [1.807, 2.05) is 4.57 Å². The van der Waals surface area contributed by atoms with E-state index in [2.05, 4.69) is 32.8 Å². The first kappa shape index (κ1) is 13.5. The van der Waals surface area contributed by atoms with E-state index in [0.717, 1.165) is 22.4 Å². The Bertz CT molecular complexity index is 616. The number of aromatic nitrogens is 4. The number of rotatable bonds is 3. The highest BCUT2D eigenvalue weighted by molar-refractivity contribution is 9.10. The van der Waals surface area contributed by atoms with Gasteiger partial charge in [0.2, 0.25) is 0 Å². The molecule has 0 aromatic carbocycles. The van der Waals surface area contributed by atoms with Gasteiger partial charge in [0.25, 0.3) is 0 Å². The normalized spacial score (nSPS) is 15.9. The average molecular weight is 336 g/mol. The number of hydrogen-bond donors (Lipinski definition) is 1. The molecule has 0 bridgehead atoms. The Hall–Kier alpha value is -1.43. The van der Waals surface area contributed by atoms with Crippen molar-refractivity contribution in [2.45, 2.75) is 45.1 Å². The molecule has 6 heteroatoms. The molecule has 0 atom stereocenters. The smallest absolute Gasteiger partial charge is 0.180 e. The summed E-state index contributed by atoms with van der Waals surface area (Å²) in [5.74, 6) is 1.68. The highest BCUT2D eigenvalue weighted by Crippen LogP contribution is 2.38. The third kappa shape index (κ3) is 2.32. The monoisotopic (exact) mass is 335 g/mol. The van der Waals surface area contributed by atoms with Gasteiger partial charge in [0.15, 0.2) is 5.82 Å². The zero-order chi connectivity index (χ0) is 14.1. The Morgan fingerprint density at radius 2 is 2.10 bits per heavy atom. The third-order valence-electron chi connectivity index (χ3n) is 3.93. The minimum absolute atomic E-state index is 0.492. The molecular formula is C14H18BrN5. The summed E-state index contributed by atoms with van der Waals surface area (Å²) >= 11 is 3.55. The van der Waals surface area contributed by atoms with Crippen LogP contribution in [0.15, 0.2) is 17.0 Å². The fourth-order valence-electron chi connectivity index (χ4n) is 2.83. The molecule has 3 rings (SSSR count). The molecule has 0 spiro atoms.